The molecular formula is C12H21N3O2. The van der Waals surface area contributed by atoms with Gasteiger partial charge in [-0.2, -0.15) is 5.10 Å². The average molecular weight is 239 g/mol. The van der Waals surface area contributed by atoms with Crippen molar-refractivity contribution in [1.29, 1.82) is 0 Å². The van der Waals surface area contributed by atoms with E-state index < -0.39 is 5.97 Å². The van der Waals surface area contributed by atoms with Crippen LogP contribution in [0.5, 0.6) is 0 Å². The SMILES string of the molecule is CC(C)N(CCC(=O)O)CCc1cnn(C)c1. The Morgan fingerprint density at radius 3 is 2.71 bits per heavy atom. The molecule has 96 valence electrons. The highest BCUT2D eigenvalue weighted by Crippen LogP contribution is 2.04. The first-order valence-corrected chi connectivity index (χ1v) is 5.92. The number of carboxylic acids is 1. The maximum absolute atomic E-state index is 10.6. The lowest BCUT2D eigenvalue weighted by Crippen LogP contribution is -2.34. The Labute approximate surface area is 102 Å². The van der Waals surface area contributed by atoms with Crippen molar-refractivity contribution < 1.29 is 9.90 Å². The van der Waals surface area contributed by atoms with E-state index in [1.807, 2.05) is 19.4 Å². The minimum absolute atomic E-state index is 0.200. The highest BCUT2D eigenvalue weighted by atomic mass is 16.4. The predicted octanol–water partition coefficient (Wildman–Crippen LogP) is 1.15. The molecule has 0 unspecified atom stereocenters. The van der Waals surface area contributed by atoms with Crippen LogP contribution in [0.25, 0.3) is 0 Å². The number of carboxylic acid groups (broad SMARTS) is 1. The molecule has 5 nitrogen and oxygen atoms in total. The number of hydrogen-bond donors (Lipinski definition) is 1. The highest BCUT2D eigenvalue weighted by Gasteiger charge is 2.11. The van der Waals surface area contributed by atoms with Gasteiger partial charge in [-0.05, 0) is 25.8 Å². The normalized spacial score (nSPS) is 11.4. The zero-order valence-electron chi connectivity index (χ0n) is 10.8. The van der Waals surface area contributed by atoms with Crippen LogP contribution in [-0.2, 0) is 18.3 Å². The minimum Gasteiger partial charge on any atom is -0.481 e. The summed E-state index contributed by atoms with van der Waals surface area (Å²) in [6, 6.07) is 0.367. The van der Waals surface area contributed by atoms with Crippen LogP contribution in [0.4, 0.5) is 0 Å². The Morgan fingerprint density at radius 2 is 2.24 bits per heavy atom. The minimum atomic E-state index is -0.739. The second-order valence-corrected chi connectivity index (χ2v) is 4.55. The van der Waals surface area contributed by atoms with Crippen molar-refractivity contribution in [2.24, 2.45) is 7.05 Å². The van der Waals surface area contributed by atoms with E-state index in [0.717, 1.165) is 13.0 Å². The van der Waals surface area contributed by atoms with Crippen LogP contribution in [0.1, 0.15) is 25.8 Å². The molecule has 0 amide bonds. The maximum atomic E-state index is 10.6. The lowest BCUT2D eigenvalue weighted by atomic mass is 10.2. The number of hydrogen-bond acceptors (Lipinski definition) is 3. The second-order valence-electron chi connectivity index (χ2n) is 4.55. The fourth-order valence-corrected chi connectivity index (χ4v) is 1.74. The lowest BCUT2D eigenvalue weighted by molar-refractivity contribution is -0.137. The van der Waals surface area contributed by atoms with Crippen LogP contribution in [0.2, 0.25) is 0 Å². The van der Waals surface area contributed by atoms with Gasteiger partial charge in [0.05, 0.1) is 12.6 Å². The van der Waals surface area contributed by atoms with E-state index >= 15 is 0 Å². The first-order chi connectivity index (χ1) is 7.99. The molecule has 0 saturated carbocycles. The molecule has 5 heteroatoms. The van der Waals surface area contributed by atoms with E-state index in [4.69, 9.17) is 5.11 Å². The molecule has 0 aromatic carbocycles. The summed E-state index contributed by atoms with van der Waals surface area (Å²) in [5.74, 6) is -0.739. The smallest absolute Gasteiger partial charge is 0.304 e. The van der Waals surface area contributed by atoms with Crippen molar-refractivity contribution in [3.63, 3.8) is 0 Å². The number of rotatable bonds is 7. The van der Waals surface area contributed by atoms with Gasteiger partial charge in [-0.25, -0.2) is 0 Å². The van der Waals surface area contributed by atoms with E-state index in [0.29, 0.717) is 12.6 Å². The zero-order chi connectivity index (χ0) is 12.8. The van der Waals surface area contributed by atoms with Gasteiger partial charge >= 0.3 is 5.97 Å². The van der Waals surface area contributed by atoms with Gasteiger partial charge in [0.2, 0.25) is 0 Å². The van der Waals surface area contributed by atoms with Crippen LogP contribution in [-0.4, -0.2) is 44.9 Å². The molecule has 0 saturated heterocycles. The summed E-state index contributed by atoms with van der Waals surface area (Å²) in [5.41, 5.74) is 1.19. The largest absolute Gasteiger partial charge is 0.481 e. The van der Waals surface area contributed by atoms with Crippen molar-refractivity contribution >= 4 is 5.97 Å². The summed E-state index contributed by atoms with van der Waals surface area (Å²) in [5, 5.41) is 12.8. The van der Waals surface area contributed by atoms with Crippen LogP contribution in [0.15, 0.2) is 12.4 Å². The Kier molecular flexibility index (Phi) is 5.15. The summed E-state index contributed by atoms with van der Waals surface area (Å²) in [4.78, 5) is 12.7. The number of carbonyl (C=O) groups is 1. The Balaban J connectivity index is 2.41. The van der Waals surface area contributed by atoms with Gasteiger partial charge in [0.15, 0.2) is 0 Å². The van der Waals surface area contributed by atoms with Crippen LogP contribution in [0.3, 0.4) is 0 Å². The molecule has 0 aliphatic carbocycles. The van der Waals surface area contributed by atoms with Gasteiger partial charge in [-0.3, -0.25) is 9.48 Å². The third-order valence-electron chi connectivity index (χ3n) is 2.79. The molecule has 1 aromatic heterocycles. The van der Waals surface area contributed by atoms with Crippen molar-refractivity contribution in [3.8, 4) is 0 Å². The monoisotopic (exact) mass is 239 g/mol. The number of aryl methyl sites for hydroxylation is 1. The van der Waals surface area contributed by atoms with Gasteiger partial charge in [-0.1, -0.05) is 0 Å². The Bertz CT molecular complexity index is 360. The Morgan fingerprint density at radius 1 is 1.53 bits per heavy atom. The van der Waals surface area contributed by atoms with Gasteiger partial charge < -0.3 is 10.0 Å². The molecule has 1 aromatic rings. The van der Waals surface area contributed by atoms with E-state index in [1.165, 1.54) is 5.56 Å². The summed E-state index contributed by atoms with van der Waals surface area (Å²) in [6.07, 6.45) is 4.96. The fraction of sp³-hybridized carbons (Fsp3) is 0.667. The first kappa shape index (κ1) is 13.7. The third-order valence-corrected chi connectivity index (χ3v) is 2.79. The van der Waals surface area contributed by atoms with Crippen molar-refractivity contribution in [3.05, 3.63) is 18.0 Å². The molecule has 1 N–H and O–H groups in total. The standard InChI is InChI=1S/C12H21N3O2/c1-10(2)15(7-5-12(16)17)6-4-11-8-13-14(3)9-11/h8-10H,4-7H2,1-3H3,(H,16,17). The molecule has 0 aliphatic heterocycles. The molecule has 0 atom stereocenters. The zero-order valence-corrected chi connectivity index (χ0v) is 10.8. The van der Waals surface area contributed by atoms with E-state index in [1.54, 1.807) is 4.68 Å². The fourth-order valence-electron chi connectivity index (χ4n) is 1.74. The van der Waals surface area contributed by atoms with E-state index in [-0.39, 0.29) is 6.42 Å². The van der Waals surface area contributed by atoms with Crippen molar-refractivity contribution in [2.75, 3.05) is 13.1 Å². The van der Waals surface area contributed by atoms with Crippen LogP contribution in [0, 0.1) is 0 Å². The van der Waals surface area contributed by atoms with Crippen LogP contribution >= 0.6 is 0 Å². The lowest BCUT2D eigenvalue weighted by Gasteiger charge is -2.25. The number of nitrogens with zero attached hydrogens (tertiary/aromatic N) is 3. The molecule has 0 fully saturated rings. The highest BCUT2D eigenvalue weighted by molar-refractivity contribution is 5.66. The molecule has 0 bridgehead atoms. The molecule has 0 spiro atoms. The summed E-state index contributed by atoms with van der Waals surface area (Å²) in [6.45, 7) is 5.65. The van der Waals surface area contributed by atoms with Crippen LogP contribution < -0.4 is 0 Å². The average Bonchev–Trinajstić information content (AvgIpc) is 2.63. The Hall–Kier alpha value is -1.36. The topological polar surface area (TPSA) is 58.4 Å². The van der Waals surface area contributed by atoms with E-state index in [9.17, 15) is 4.79 Å². The number of aliphatic carboxylic acids is 1. The molecule has 0 aliphatic rings. The van der Waals surface area contributed by atoms with Crippen molar-refractivity contribution in [2.45, 2.75) is 32.7 Å². The van der Waals surface area contributed by atoms with E-state index in [2.05, 4.69) is 23.8 Å². The summed E-state index contributed by atoms with van der Waals surface area (Å²) in [7, 11) is 1.90. The van der Waals surface area contributed by atoms with Gasteiger partial charge in [0.25, 0.3) is 0 Å². The summed E-state index contributed by atoms with van der Waals surface area (Å²) < 4.78 is 1.78. The molecule has 1 rings (SSSR count). The second kappa shape index (κ2) is 6.39. The van der Waals surface area contributed by atoms with Crippen molar-refractivity contribution in [1.82, 2.24) is 14.7 Å². The summed E-state index contributed by atoms with van der Waals surface area (Å²) >= 11 is 0. The molecule has 17 heavy (non-hydrogen) atoms. The molecular weight excluding hydrogens is 218 g/mol. The first-order valence-electron chi connectivity index (χ1n) is 5.92. The maximum Gasteiger partial charge on any atom is 0.304 e. The van der Waals surface area contributed by atoms with Gasteiger partial charge in [0, 0.05) is 32.4 Å². The van der Waals surface area contributed by atoms with Gasteiger partial charge in [-0.15, -0.1) is 0 Å². The predicted molar refractivity (Wildman–Crippen MR) is 65.9 cm³/mol. The third kappa shape index (κ3) is 4.99. The number of aromatic nitrogens is 2. The van der Waals surface area contributed by atoms with Gasteiger partial charge in [0.1, 0.15) is 0 Å². The molecule has 0 radical (unpaired) electrons. The molecule has 1 heterocycles. The quantitative estimate of drug-likeness (QED) is 0.775.